The maximum Gasteiger partial charge on any atom is 0.251 e. The number of nitrogens with zero attached hydrogens (tertiary/aromatic N) is 1. The van der Waals surface area contributed by atoms with Crippen LogP contribution in [0.25, 0.3) is 10.8 Å². The predicted octanol–water partition coefficient (Wildman–Crippen LogP) is 5.11. The molecule has 4 heteroatoms. The quantitative estimate of drug-likeness (QED) is 0.562. The van der Waals surface area contributed by atoms with E-state index in [0.717, 1.165) is 19.4 Å². The van der Waals surface area contributed by atoms with Crippen molar-refractivity contribution in [2.45, 2.75) is 44.6 Å². The molecule has 3 aromatic carbocycles. The maximum absolute atomic E-state index is 12.3. The van der Waals surface area contributed by atoms with Crippen molar-refractivity contribution in [3.63, 3.8) is 0 Å². The molecule has 0 bridgehead atoms. The molecule has 4 nitrogen and oxygen atoms in total. The Morgan fingerprint density at radius 3 is 2.71 bits per heavy atom. The van der Waals surface area contributed by atoms with Crippen LogP contribution in [0.4, 0.5) is 5.69 Å². The highest BCUT2D eigenvalue weighted by molar-refractivity contribution is 5.95. The van der Waals surface area contributed by atoms with E-state index in [0.29, 0.717) is 17.5 Å². The van der Waals surface area contributed by atoms with Crippen molar-refractivity contribution >= 4 is 22.4 Å². The second kappa shape index (κ2) is 9.97. The SMILES string of the molecule is CCN(c1cccc2ccccc12)C1CCCC(c2cccc(C(=O)NCCO)c2)C1. The van der Waals surface area contributed by atoms with E-state index in [-0.39, 0.29) is 19.1 Å². The summed E-state index contributed by atoms with van der Waals surface area (Å²) in [6.45, 7) is 3.47. The number of hydrogen-bond acceptors (Lipinski definition) is 3. The highest BCUT2D eigenvalue weighted by Crippen LogP contribution is 2.38. The number of amides is 1. The van der Waals surface area contributed by atoms with Crippen LogP contribution < -0.4 is 10.2 Å². The molecule has 3 aromatic rings. The van der Waals surface area contributed by atoms with Gasteiger partial charge in [-0.3, -0.25) is 4.79 Å². The monoisotopic (exact) mass is 416 g/mol. The number of carbonyl (C=O) groups is 1. The Bertz CT molecular complexity index is 1030. The lowest BCUT2D eigenvalue weighted by molar-refractivity contribution is 0.0944. The Hall–Kier alpha value is -2.85. The smallest absolute Gasteiger partial charge is 0.251 e. The molecule has 0 saturated heterocycles. The molecule has 162 valence electrons. The highest BCUT2D eigenvalue weighted by atomic mass is 16.3. The molecule has 0 aromatic heterocycles. The molecule has 2 unspecified atom stereocenters. The second-order valence-corrected chi connectivity index (χ2v) is 8.41. The summed E-state index contributed by atoms with van der Waals surface area (Å²) in [5.41, 5.74) is 3.24. The molecular formula is C27H32N2O2. The number of hydrogen-bond donors (Lipinski definition) is 2. The molecule has 0 aliphatic heterocycles. The highest BCUT2D eigenvalue weighted by Gasteiger charge is 2.28. The number of aliphatic hydroxyl groups excluding tert-OH is 1. The molecule has 31 heavy (non-hydrogen) atoms. The lowest BCUT2D eigenvalue weighted by Crippen LogP contribution is -2.38. The van der Waals surface area contributed by atoms with E-state index in [1.165, 1.54) is 34.9 Å². The summed E-state index contributed by atoms with van der Waals surface area (Å²) in [4.78, 5) is 14.9. The molecule has 0 heterocycles. The summed E-state index contributed by atoms with van der Waals surface area (Å²) in [6.07, 6.45) is 4.64. The molecule has 0 radical (unpaired) electrons. The van der Waals surface area contributed by atoms with E-state index in [9.17, 15) is 4.79 Å². The lowest BCUT2D eigenvalue weighted by Gasteiger charge is -2.39. The Morgan fingerprint density at radius 2 is 1.87 bits per heavy atom. The molecule has 1 fully saturated rings. The van der Waals surface area contributed by atoms with Gasteiger partial charge in [0, 0.05) is 35.8 Å². The van der Waals surface area contributed by atoms with E-state index in [2.05, 4.69) is 65.7 Å². The van der Waals surface area contributed by atoms with Crippen LogP contribution in [0.3, 0.4) is 0 Å². The predicted molar refractivity (Wildman–Crippen MR) is 128 cm³/mol. The van der Waals surface area contributed by atoms with Gasteiger partial charge in [-0.1, -0.05) is 55.0 Å². The summed E-state index contributed by atoms with van der Waals surface area (Å²) in [5, 5.41) is 14.3. The van der Waals surface area contributed by atoms with Crippen LogP contribution >= 0.6 is 0 Å². The van der Waals surface area contributed by atoms with Crippen LogP contribution in [0.1, 0.15) is 54.4 Å². The zero-order valence-corrected chi connectivity index (χ0v) is 18.3. The van der Waals surface area contributed by atoms with Crippen molar-refractivity contribution < 1.29 is 9.90 Å². The number of fused-ring (bicyclic) bond motifs is 1. The molecule has 1 saturated carbocycles. The molecule has 2 atom stereocenters. The zero-order chi connectivity index (χ0) is 21.6. The standard InChI is InChI=1S/C27H32N2O2/c1-2-29(26-15-7-9-20-8-3-4-14-25(20)26)24-13-6-11-22(19-24)21-10-5-12-23(18-21)27(31)28-16-17-30/h3-5,7-10,12,14-15,18,22,24,30H,2,6,11,13,16-17,19H2,1H3,(H,28,31). The van der Waals surface area contributed by atoms with E-state index in [4.69, 9.17) is 5.11 Å². The van der Waals surface area contributed by atoms with Gasteiger partial charge in [0.1, 0.15) is 0 Å². The van der Waals surface area contributed by atoms with Crippen LogP contribution in [0, 0.1) is 0 Å². The van der Waals surface area contributed by atoms with Crippen LogP contribution in [0.15, 0.2) is 66.7 Å². The first kappa shape index (κ1) is 21.4. The first-order valence-corrected chi connectivity index (χ1v) is 11.4. The maximum atomic E-state index is 12.3. The van der Waals surface area contributed by atoms with Gasteiger partial charge >= 0.3 is 0 Å². The van der Waals surface area contributed by atoms with Gasteiger partial charge in [0.2, 0.25) is 0 Å². The van der Waals surface area contributed by atoms with Crippen LogP contribution in [0.5, 0.6) is 0 Å². The molecule has 4 rings (SSSR count). The van der Waals surface area contributed by atoms with Gasteiger partial charge in [-0.15, -0.1) is 0 Å². The summed E-state index contributed by atoms with van der Waals surface area (Å²) in [7, 11) is 0. The normalized spacial score (nSPS) is 18.6. The van der Waals surface area contributed by atoms with E-state index in [1.54, 1.807) is 0 Å². The van der Waals surface area contributed by atoms with Gasteiger partial charge in [0.25, 0.3) is 5.91 Å². The zero-order valence-electron chi connectivity index (χ0n) is 18.3. The lowest BCUT2D eigenvalue weighted by atomic mass is 9.80. The summed E-state index contributed by atoms with van der Waals surface area (Å²) >= 11 is 0. The van der Waals surface area contributed by atoms with Gasteiger partial charge in [0.15, 0.2) is 0 Å². The topological polar surface area (TPSA) is 52.6 Å². The molecule has 1 aliphatic rings. The van der Waals surface area contributed by atoms with E-state index < -0.39 is 0 Å². The number of carbonyl (C=O) groups excluding carboxylic acids is 1. The number of aliphatic hydroxyl groups is 1. The Balaban J connectivity index is 1.56. The van der Waals surface area contributed by atoms with Gasteiger partial charge in [0.05, 0.1) is 6.61 Å². The molecular weight excluding hydrogens is 384 g/mol. The minimum Gasteiger partial charge on any atom is -0.395 e. The molecule has 1 aliphatic carbocycles. The van der Waals surface area contributed by atoms with Crippen molar-refractivity contribution in [2.75, 3.05) is 24.6 Å². The van der Waals surface area contributed by atoms with Crippen molar-refractivity contribution in [2.24, 2.45) is 0 Å². The first-order chi connectivity index (χ1) is 15.2. The average molecular weight is 417 g/mol. The number of benzene rings is 3. The molecule has 1 amide bonds. The van der Waals surface area contributed by atoms with Crippen LogP contribution in [-0.4, -0.2) is 36.8 Å². The minimum absolute atomic E-state index is 0.0449. The van der Waals surface area contributed by atoms with Crippen molar-refractivity contribution in [3.8, 4) is 0 Å². The Morgan fingerprint density at radius 1 is 1.06 bits per heavy atom. The second-order valence-electron chi connectivity index (χ2n) is 8.41. The fourth-order valence-electron chi connectivity index (χ4n) is 5.04. The summed E-state index contributed by atoms with van der Waals surface area (Å²) < 4.78 is 0. The number of anilines is 1. The van der Waals surface area contributed by atoms with Gasteiger partial charge in [-0.05, 0) is 61.3 Å². The third kappa shape index (κ3) is 4.75. The van der Waals surface area contributed by atoms with Gasteiger partial charge < -0.3 is 15.3 Å². The van der Waals surface area contributed by atoms with Gasteiger partial charge in [-0.2, -0.15) is 0 Å². The third-order valence-corrected chi connectivity index (χ3v) is 6.52. The fourth-order valence-corrected chi connectivity index (χ4v) is 5.04. The summed E-state index contributed by atoms with van der Waals surface area (Å²) in [5.74, 6) is 0.336. The largest absolute Gasteiger partial charge is 0.395 e. The van der Waals surface area contributed by atoms with Crippen molar-refractivity contribution in [1.82, 2.24) is 5.32 Å². The van der Waals surface area contributed by atoms with E-state index in [1.807, 2.05) is 18.2 Å². The minimum atomic E-state index is -0.116. The Kier molecular flexibility index (Phi) is 6.88. The van der Waals surface area contributed by atoms with E-state index >= 15 is 0 Å². The number of rotatable bonds is 7. The van der Waals surface area contributed by atoms with Crippen molar-refractivity contribution in [1.29, 1.82) is 0 Å². The first-order valence-electron chi connectivity index (χ1n) is 11.4. The third-order valence-electron chi connectivity index (χ3n) is 6.52. The van der Waals surface area contributed by atoms with Gasteiger partial charge in [-0.25, -0.2) is 0 Å². The Labute approximate surface area is 184 Å². The van der Waals surface area contributed by atoms with Crippen LogP contribution in [-0.2, 0) is 0 Å². The molecule has 0 spiro atoms. The van der Waals surface area contributed by atoms with Crippen molar-refractivity contribution in [3.05, 3.63) is 77.9 Å². The molecule has 2 N–H and O–H groups in total. The number of nitrogens with one attached hydrogen (secondary N) is 1. The summed E-state index contributed by atoms with van der Waals surface area (Å²) in [6, 6.07) is 23.7. The van der Waals surface area contributed by atoms with Crippen LogP contribution in [0.2, 0.25) is 0 Å². The fraction of sp³-hybridized carbons (Fsp3) is 0.370. The average Bonchev–Trinajstić information content (AvgIpc) is 2.83.